The lowest BCUT2D eigenvalue weighted by molar-refractivity contribution is -0.148. The summed E-state index contributed by atoms with van der Waals surface area (Å²) in [6.45, 7) is 15.6. The molecule has 2 saturated carbocycles. The Kier molecular flexibility index (Phi) is 5.57. The molecule has 3 rings (SSSR count). The van der Waals surface area contributed by atoms with E-state index in [2.05, 4.69) is 27.4 Å². The molecule has 0 N–H and O–H groups in total. The van der Waals surface area contributed by atoms with Gasteiger partial charge in [-0.25, -0.2) is 0 Å². The SMILES string of the molecule is C=C1[C@@H](OC(C)=O)CC[C@@]2(C)CC(=O)C3=C(C)[C@@H](OC(C)=O)C[C@@H](C[C@H]12)C3(C)C. The average molecular weight is 403 g/mol. The first-order valence-electron chi connectivity index (χ1n) is 10.6. The maximum absolute atomic E-state index is 13.5. The van der Waals surface area contributed by atoms with Crippen molar-refractivity contribution in [3.05, 3.63) is 23.3 Å². The Hall–Kier alpha value is -1.91. The van der Waals surface area contributed by atoms with Gasteiger partial charge in [0.2, 0.25) is 0 Å². The Morgan fingerprint density at radius 3 is 2.21 bits per heavy atom. The number of carbonyl (C=O) groups excluding carboxylic acids is 3. The maximum Gasteiger partial charge on any atom is 0.303 e. The van der Waals surface area contributed by atoms with Crippen molar-refractivity contribution in [3.63, 3.8) is 0 Å². The normalized spacial score (nSPS) is 36.6. The van der Waals surface area contributed by atoms with Crippen molar-refractivity contribution in [2.24, 2.45) is 22.7 Å². The van der Waals surface area contributed by atoms with Crippen LogP contribution in [0, 0.1) is 22.7 Å². The summed E-state index contributed by atoms with van der Waals surface area (Å²) in [5, 5.41) is 0. The number of ether oxygens (including phenoxy) is 2. The highest BCUT2D eigenvalue weighted by Crippen LogP contribution is 2.58. The van der Waals surface area contributed by atoms with Gasteiger partial charge in [-0.1, -0.05) is 27.4 Å². The molecular weight excluding hydrogens is 368 g/mol. The third-order valence-electron chi connectivity index (χ3n) is 7.70. The molecule has 0 aromatic heterocycles. The first-order chi connectivity index (χ1) is 13.4. The quantitative estimate of drug-likeness (QED) is 0.501. The highest BCUT2D eigenvalue weighted by atomic mass is 16.5. The van der Waals surface area contributed by atoms with Gasteiger partial charge in [-0.15, -0.1) is 0 Å². The lowest BCUT2D eigenvalue weighted by Crippen LogP contribution is -2.49. The molecule has 2 fully saturated rings. The van der Waals surface area contributed by atoms with Crippen LogP contribution in [0.3, 0.4) is 0 Å². The fourth-order valence-electron chi connectivity index (χ4n) is 6.12. The smallest absolute Gasteiger partial charge is 0.303 e. The van der Waals surface area contributed by atoms with Crippen LogP contribution >= 0.6 is 0 Å². The molecule has 2 bridgehead atoms. The molecule has 0 spiro atoms. The second-order valence-electron chi connectivity index (χ2n) is 10.1. The lowest BCUT2D eigenvalue weighted by Gasteiger charge is -2.53. The number of carbonyl (C=O) groups is 3. The van der Waals surface area contributed by atoms with Gasteiger partial charge in [-0.05, 0) is 66.4 Å². The summed E-state index contributed by atoms with van der Waals surface area (Å²) in [5.74, 6) is -0.201. The largest absolute Gasteiger partial charge is 0.458 e. The third-order valence-corrected chi connectivity index (χ3v) is 7.70. The molecule has 0 radical (unpaired) electrons. The van der Waals surface area contributed by atoms with E-state index in [1.807, 2.05) is 6.92 Å². The predicted molar refractivity (Wildman–Crippen MR) is 110 cm³/mol. The summed E-state index contributed by atoms with van der Waals surface area (Å²) in [5.41, 5.74) is 2.18. The Balaban J connectivity index is 2.03. The first kappa shape index (κ1) is 21.8. The number of Topliss-reactive ketones (excluding diaryl/α,β-unsaturated/α-hetero) is 1. The lowest BCUT2D eigenvalue weighted by atomic mass is 9.52. The van der Waals surface area contributed by atoms with Crippen molar-refractivity contribution in [2.45, 2.75) is 85.9 Å². The summed E-state index contributed by atoms with van der Waals surface area (Å²) in [7, 11) is 0. The molecule has 0 saturated heterocycles. The van der Waals surface area contributed by atoms with Gasteiger partial charge in [0, 0.05) is 25.8 Å². The molecule has 0 aliphatic heterocycles. The van der Waals surface area contributed by atoms with E-state index in [1.165, 1.54) is 13.8 Å². The fourth-order valence-corrected chi connectivity index (χ4v) is 6.12. The van der Waals surface area contributed by atoms with Crippen molar-refractivity contribution in [2.75, 3.05) is 0 Å². The van der Waals surface area contributed by atoms with Crippen LogP contribution in [0.1, 0.15) is 73.6 Å². The number of hydrogen-bond acceptors (Lipinski definition) is 5. The number of esters is 2. The third kappa shape index (κ3) is 3.80. The van der Waals surface area contributed by atoms with Crippen molar-refractivity contribution >= 4 is 17.7 Å². The Morgan fingerprint density at radius 2 is 1.62 bits per heavy atom. The minimum Gasteiger partial charge on any atom is -0.458 e. The number of hydrogen-bond donors (Lipinski definition) is 0. The molecule has 0 amide bonds. The average Bonchev–Trinajstić information content (AvgIpc) is 2.56. The van der Waals surface area contributed by atoms with E-state index >= 15 is 0 Å². The standard InChI is InChI=1S/C24H34O5/c1-13-18-10-17-11-21(29-16(4)26)14(2)22(23(17,5)6)19(27)12-24(18,7)9-8-20(13)28-15(3)25/h17-18,20-21H,1,8-12H2,2-7H3/t17-,18-,20+,21+,24+/m1/s1. The zero-order chi connectivity index (χ0) is 21.7. The van der Waals surface area contributed by atoms with Crippen molar-refractivity contribution < 1.29 is 23.9 Å². The molecule has 5 nitrogen and oxygen atoms in total. The minimum absolute atomic E-state index is 0.0896. The maximum atomic E-state index is 13.5. The molecule has 0 heterocycles. The van der Waals surface area contributed by atoms with Gasteiger partial charge < -0.3 is 9.47 Å². The van der Waals surface area contributed by atoms with Crippen LogP contribution in [0.15, 0.2) is 23.3 Å². The fraction of sp³-hybridized carbons (Fsp3) is 0.708. The van der Waals surface area contributed by atoms with E-state index in [1.54, 1.807) is 0 Å². The number of allylic oxidation sites excluding steroid dienone is 1. The molecule has 5 atom stereocenters. The molecule has 0 aromatic carbocycles. The molecule has 5 heteroatoms. The van der Waals surface area contributed by atoms with Crippen LogP contribution in [-0.2, 0) is 23.9 Å². The van der Waals surface area contributed by atoms with E-state index in [4.69, 9.17) is 9.47 Å². The molecule has 3 aliphatic carbocycles. The van der Waals surface area contributed by atoms with Crippen LogP contribution in [0.5, 0.6) is 0 Å². The topological polar surface area (TPSA) is 69.7 Å². The van der Waals surface area contributed by atoms with Crippen LogP contribution in [0.4, 0.5) is 0 Å². The molecule has 3 aliphatic rings. The second kappa shape index (κ2) is 7.41. The van der Waals surface area contributed by atoms with Gasteiger partial charge >= 0.3 is 11.9 Å². The van der Waals surface area contributed by atoms with Crippen LogP contribution in [0.2, 0.25) is 0 Å². The number of ketones is 1. The van der Waals surface area contributed by atoms with E-state index in [0.717, 1.165) is 29.6 Å². The van der Waals surface area contributed by atoms with E-state index in [0.29, 0.717) is 19.3 Å². The zero-order valence-corrected chi connectivity index (χ0v) is 18.6. The van der Waals surface area contributed by atoms with Gasteiger partial charge in [-0.2, -0.15) is 0 Å². The van der Waals surface area contributed by atoms with Gasteiger partial charge in [-0.3, -0.25) is 14.4 Å². The summed E-state index contributed by atoms with van der Waals surface area (Å²) < 4.78 is 11.1. The van der Waals surface area contributed by atoms with Gasteiger partial charge in [0.25, 0.3) is 0 Å². The molecule has 29 heavy (non-hydrogen) atoms. The second-order valence-corrected chi connectivity index (χ2v) is 10.1. The van der Waals surface area contributed by atoms with Gasteiger partial charge in [0.15, 0.2) is 5.78 Å². The number of fused-ring (bicyclic) bond motifs is 3. The summed E-state index contributed by atoms with van der Waals surface area (Å²) in [6, 6.07) is 0. The summed E-state index contributed by atoms with van der Waals surface area (Å²) >= 11 is 0. The van der Waals surface area contributed by atoms with E-state index < -0.39 is 0 Å². The van der Waals surface area contributed by atoms with Crippen molar-refractivity contribution in [1.29, 1.82) is 0 Å². The highest BCUT2D eigenvalue weighted by Gasteiger charge is 2.53. The molecular formula is C24H34O5. The van der Waals surface area contributed by atoms with Gasteiger partial charge in [0.1, 0.15) is 12.2 Å². The Morgan fingerprint density at radius 1 is 1.03 bits per heavy atom. The van der Waals surface area contributed by atoms with Crippen LogP contribution in [0.25, 0.3) is 0 Å². The van der Waals surface area contributed by atoms with E-state index in [9.17, 15) is 14.4 Å². The van der Waals surface area contributed by atoms with Crippen LogP contribution in [-0.4, -0.2) is 29.9 Å². The van der Waals surface area contributed by atoms with Gasteiger partial charge in [0.05, 0.1) is 0 Å². The predicted octanol–water partition coefficient (Wildman–Crippen LogP) is 4.55. The Labute approximate surface area is 173 Å². The van der Waals surface area contributed by atoms with Crippen LogP contribution < -0.4 is 0 Å². The molecule has 0 aromatic rings. The Bertz CT molecular complexity index is 789. The molecule has 0 unspecified atom stereocenters. The minimum atomic E-state index is -0.352. The van der Waals surface area contributed by atoms with E-state index in [-0.39, 0.29) is 52.6 Å². The number of rotatable bonds is 2. The first-order valence-corrected chi connectivity index (χ1v) is 10.6. The van der Waals surface area contributed by atoms with Crippen molar-refractivity contribution in [1.82, 2.24) is 0 Å². The highest BCUT2D eigenvalue weighted by molar-refractivity contribution is 5.98. The molecule has 160 valence electrons. The van der Waals surface area contributed by atoms with Crippen molar-refractivity contribution in [3.8, 4) is 0 Å². The summed E-state index contributed by atoms with van der Waals surface area (Å²) in [6.07, 6.45) is 2.89. The summed E-state index contributed by atoms with van der Waals surface area (Å²) in [4.78, 5) is 36.8. The zero-order valence-electron chi connectivity index (χ0n) is 18.6. The monoisotopic (exact) mass is 402 g/mol.